The number of aromatic nitrogens is 2. The van der Waals surface area contributed by atoms with Gasteiger partial charge in [-0.05, 0) is 18.9 Å². The van der Waals surface area contributed by atoms with Crippen LogP contribution in [-0.2, 0) is 11.3 Å². The van der Waals surface area contributed by atoms with Gasteiger partial charge in [-0.25, -0.2) is 4.39 Å². The highest BCUT2D eigenvalue weighted by molar-refractivity contribution is 5.92. The largest absolute Gasteiger partial charge is 0.323 e. The van der Waals surface area contributed by atoms with E-state index in [-0.39, 0.29) is 17.6 Å². The van der Waals surface area contributed by atoms with E-state index in [2.05, 4.69) is 10.4 Å². The lowest BCUT2D eigenvalue weighted by molar-refractivity contribution is -0.119. The Hall–Kier alpha value is -2.17. The van der Waals surface area contributed by atoms with E-state index in [1.165, 1.54) is 6.07 Å². The number of amides is 1. The van der Waals surface area contributed by atoms with Crippen molar-refractivity contribution in [2.24, 2.45) is 5.92 Å². The van der Waals surface area contributed by atoms with Gasteiger partial charge >= 0.3 is 0 Å². The fourth-order valence-electron chi connectivity index (χ4n) is 2.75. The van der Waals surface area contributed by atoms with Crippen LogP contribution in [0, 0.1) is 11.7 Å². The maximum atomic E-state index is 13.6. The third kappa shape index (κ3) is 3.29. The predicted octanol–water partition coefficient (Wildman–Crippen LogP) is 3.20. The maximum absolute atomic E-state index is 13.6. The highest BCUT2D eigenvalue weighted by atomic mass is 19.1. The summed E-state index contributed by atoms with van der Waals surface area (Å²) in [6, 6.07) is 6.62. The Kier molecular flexibility index (Phi) is 3.99. The molecule has 0 saturated heterocycles. The van der Waals surface area contributed by atoms with E-state index in [4.69, 9.17) is 0 Å². The molecule has 1 aliphatic rings. The van der Waals surface area contributed by atoms with Crippen molar-refractivity contribution in [3.8, 4) is 0 Å². The molecule has 0 spiro atoms. The minimum absolute atomic E-state index is 0.0675. The number of hydrogen-bond acceptors (Lipinski definition) is 2. The SMILES string of the molecule is O=C(Nc1cnn(Cc2ccccc2F)c1)C1CCCC1. The van der Waals surface area contributed by atoms with Gasteiger partial charge in [-0.3, -0.25) is 9.48 Å². The molecule has 1 aliphatic carbocycles. The molecule has 4 nitrogen and oxygen atoms in total. The standard InChI is InChI=1S/C16H18FN3O/c17-15-8-4-3-7-13(15)10-20-11-14(9-18-20)19-16(21)12-5-1-2-6-12/h3-4,7-9,11-12H,1-2,5-6,10H2,(H,19,21). The molecule has 0 atom stereocenters. The number of benzene rings is 1. The van der Waals surface area contributed by atoms with Crippen molar-refractivity contribution < 1.29 is 9.18 Å². The Labute approximate surface area is 123 Å². The predicted molar refractivity (Wildman–Crippen MR) is 78.3 cm³/mol. The number of hydrogen-bond donors (Lipinski definition) is 1. The first-order chi connectivity index (χ1) is 10.2. The van der Waals surface area contributed by atoms with Crippen LogP contribution in [0.15, 0.2) is 36.7 Å². The maximum Gasteiger partial charge on any atom is 0.227 e. The smallest absolute Gasteiger partial charge is 0.227 e. The molecule has 0 radical (unpaired) electrons. The molecule has 2 aromatic rings. The number of anilines is 1. The van der Waals surface area contributed by atoms with Gasteiger partial charge in [0.05, 0.1) is 18.4 Å². The Morgan fingerprint density at radius 2 is 2.10 bits per heavy atom. The molecule has 1 amide bonds. The zero-order chi connectivity index (χ0) is 14.7. The van der Waals surface area contributed by atoms with E-state index in [0.717, 1.165) is 25.7 Å². The van der Waals surface area contributed by atoms with Gasteiger partial charge in [-0.2, -0.15) is 5.10 Å². The number of nitrogens with zero attached hydrogens (tertiary/aromatic N) is 2. The second-order valence-electron chi connectivity index (χ2n) is 5.49. The summed E-state index contributed by atoms with van der Waals surface area (Å²) in [5.41, 5.74) is 1.25. The molecule has 1 heterocycles. The third-order valence-electron chi connectivity index (χ3n) is 3.92. The van der Waals surface area contributed by atoms with Crippen LogP contribution in [-0.4, -0.2) is 15.7 Å². The molecule has 1 N–H and O–H groups in total. The Morgan fingerprint density at radius 3 is 2.86 bits per heavy atom. The Balaban J connectivity index is 1.63. The van der Waals surface area contributed by atoms with Crippen molar-refractivity contribution in [3.05, 3.63) is 48.0 Å². The average molecular weight is 287 g/mol. The van der Waals surface area contributed by atoms with Crippen LogP contribution < -0.4 is 5.32 Å². The van der Waals surface area contributed by atoms with Gasteiger partial charge in [0.25, 0.3) is 0 Å². The highest BCUT2D eigenvalue weighted by Crippen LogP contribution is 2.25. The normalized spacial score (nSPS) is 15.3. The molecular weight excluding hydrogens is 269 g/mol. The summed E-state index contributed by atoms with van der Waals surface area (Å²) >= 11 is 0. The van der Waals surface area contributed by atoms with Crippen LogP contribution in [0.5, 0.6) is 0 Å². The van der Waals surface area contributed by atoms with E-state index >= 15 is 0 Å². The van der Waals surface area contributed by atoms with Crippen molar-refractivity contribution in [3.63, 3.8) is 0 Å². The van der Waals surface area contributed by atoms with Crippen LogP contribution in [0.4, 0.5) is 10.1 Å². The molecule has 1 aromatic carbocycles. The highest BCUT2D eigenvalue weighted by Gasteiger charge is 2.22. The molecule has 5 heteroatoms. The zero-order valence-electron chi connectivity index (χ0n) is 11.8. The third-order valence-corrected chi connectivity index (χ3v) is 3.92. The van der Waals surface area contributed by atoms with Crippen LogP contribution in [0.2, 0.25) is 0 Å². The average Bonchev–Trinajstić information content (AvgIpc) is 3.13. The van der Waals surface area contributed by atoms with Crippen LogP contribution in [0.3, 0.4) is 0 Å². The van der Waals surface area contributed by atoms with Crippen molar-refractivity contribution in [2.75, 3.05) is 5.32 Å². The first kappa shape index (κ1) is 13.8. The summed E-state index contributed by atoms with van der Waals surface area (Å²) in [6.45, 7) is 0.353. The van der Waals surface area contributed by atoms with E-state index in [9.17, 15) is 9.18 Å². The molecule has 21 heavy (non-hydrogen) atoms. The fourth-order valence-corrected chi connectivity index (χ4v) is 2.75. The summed E-state index contributed by atoms with van der Waals surface area (Å²) in [5.74, 6) is -0.0533. The summed E-state index contributed by atoms with van der Waals surface area (Å²) in [6.07, 6.45) is 7.53. The molecule has 1 aromatic heterocycles. The van der Waals surface area contributed by atoms with E-state index in [1.54, 1.807) is 35.3 Å². The van der Waals surface area contributed by atoms with Crippen LogP contribution in [0.1, 0.15) is 31.2 Å². The number of halogens is 1. The quantitative estimate of drug-likeness (QED) is 0.938. The monoisotopic (exact) mass is 287 g/mol. The second kappa shape index (κ2) is 6.08. The van der Waals surface area contributed by atoms with Gasteiger partial charge in [-0.15, -0.1) is 0 Å². The van der Waals surface area contributed by atoms with Crippen LogP contribution >= 0.6 is 0 Å². The molecule has 0 unspecified atom stereocenters. The molecule has 0 aliphatic heterocycles. The van der Waals surface area contributed by atoms with Crippen LogP contribution in [0.25, 0.3) is 0 Å². The molecule has 3 rings (SSSR count). The van der Waals surface area contributed by atoms with Crippen molar-refractivity contribution in [2.45, 2.75) is 32.2 Å². The topological polar surface area (TPSA) is 46.9 Å². The van der Waals surface area contributed by atoms with Gasteiger partial charge in [-0.1, -0.05) is 31.0 Å². The minimum atomic E-state index is -0.246. The van der Waals surface area contributed by atoms with Gasteiger partial charge < -0.3 is 5.32 Å². The number of carbonyl (C=O) groups is 1. The minimum Gasteiger partial charge on any atom is -0.323 e. The number of nitrogens with one attached hydrogen (secondary N) is 1. The first-order valence-corrected chi connectivity index (χ1v) is 7.29. The van der Waals surface area contributed by atoms with Crippen molar-refractivity contribution in [1.82, 2.24) is 9.78 Å². The second-order valence-corrected chi connectivity index (χ2v) is 5.49. The summed E-state index contributed by atoms with van der Waals surface area (Å²) in [4.78, 5) is 12.0. The van der Waals surface area contributed by atoms with E-state index < -0.39 is 0 Å². The molecule has 0 bridgehead atoms. The lowest BCUT2D eigenvalue weighted by Crippen LogP contribution is -2.19. The zero-order valence-corrected chi connectivity index (χ0v) is 11.8. The number of rotatable bonds is 4. The molecule has 110 valence electrons. The van der Waals surface area contributed by atoms with E-state index in [1.807, 2.05) is 0 Å². The molecule has 1 saturated carbocycles. The van der Waals surface area contributed by atoms with Gasteiger partial charge in [0.15, 0.2) is 0 Å². The lowest BCUT2D eigenvalue weighted by atomic mass is 10.1. The van der Waals surface area contributed by atoms with Crippen molar-refractivity contribution in [1.29, 1.82) is 0 Å². The van der Waals surface area contributed by atoms with Gasteiger partial charge in [0.1, 0.15) is 5.82 Å². The summed E-state index contributed by atoms with van der Waals surface area (Å²) in [7, 11) is 0. The van der Waals surface area contributed by atoms with Gasteiger partial charge in [0.2, 0.25) is 5.91 Å². The van der Waals surface area contributed by atoms with Crippen molar-refractivity contribution >= 4 is 11.6 Å². The summed E-state index contributed by atoms with van der Waals surface area (Å²) in [5, 5.41) is 7.06. The summed E-state index contributed by atoms with van der Waals surface area (Å²) < 4.78 is 15.2. The first-order valence-electron chi connectivity index (χ1n) is 7.29. The number of carbonyl (C=O) groups excluding carboxylic acids is 1. The van der Waals surface area contributed by atoms with E-state index in [0.29, 0.717) is 17.8 Å². The fraction of sp³-hybridized carbons (Fsp3) is 0.375. The Morgan fingerprint density at radius 1 is 1.33 bits per heavy atom. The lowest BCUT2D eigenvalue weighted by Gasteiger charge is -2.08. The molecular formula is C16H18FN3O. The molecule has 1 fully saturated rings. The Bertz CT molecular complexity index is 632. The van der Waals surface area contributed by atoms with Gasteiger partial charge in [0, 0.05) is 17.7 Å².